The monoisotopic (exact) mass is 414 g/mol. The zero-order chi connectivity index (χ0) is 18.7. The van der Waals surface area contributed by atoms with Crippen LogP contribution in [0.1, 0.15) is 58.3 Å². The van der Waals surface area contributed by atoms with Crippen molar-refractivity contribution in [3.8, 4) is 0 Å². The maximum Gasteiger partial charge on any atom is 0.304 e. The Bertz CT molecular complexity index is 461. The third kappa shape index (κ3) is 6.32. The fourth-order valence-electron chi connectivity index (χ4n) is 5.12. The first-order valence-corrected chi connectivity index (χ1v) is 10.0. The van der Waals surface area contributed by atoms with E-state index in [2.05, 4.69) is 11.7 Å². The summed E-state index contributed by atoms with van der Waals surface area (Å²) < 4.78 is 63.4. The Kier molecular flexibility index (Phi) is 10.2. The molecule has 3 fully saturated rings. The molecule has 166 valence electrons. The molecule has 1 aliphatic heterocycles. The lowest BCUT2D eigenvalue weighted by molar-refractivity contribution is -0.0716. The van der Waals surface area contributed by atoms with Crippen LogP contribution in [0.5, 0.6) is 0 Å². The third-order valence-electron chi connectivity index (χ3n) is 6.63. The lowest BCUT2D eigenvalue weighted by atomic mass is 9.68. The molecule has 0 bridgehead atoms. The van der Waals surface area contributed by atoms with Gasteiger partial charge in [-0.25, -0.2) is 8.78 Å². The van der Waals surface area contributed by atoms with Crippen LogP contribution in [0.4, 0.5) is 17.6 Å². The lowest BCUT2D eigenvalue weighted by Crippen LogP contribution is -2.44. The van der Waals surface area contributed by atoms with Crippen molar-refractivity contribution >= 4 is 0 Å². The minimum absolute atomic E-state index is 0. The van der Waals surface area contributed by atoms with Gasteiger partial charge in [0.15, 0.2) is 6.10 Å². The molecule has 4 atom stereocenters. The molecule has 0 aromatic rings. The van der Waals surface area contributed by atoms with Gasteiger partial charge in [0.05, 0.1) is 6.10 Å². The predicted molar refractivity (Wildman–Crippen MR) is 98.5 cm³/mol. The molecule has 4 N–H and O–H groups in total. The highest BCUT2D eigenvalue weighted by atomic mass is 19.3. The Hall–Kier alpha value is -0.860. The van der Waals surface area contributed by atoms with Gasteiger partial charge in [0.2, 0.25) is 0 Å². The van der Waals surface area contributed by atoms with Gasteiger partial charge in [0.25, 0.3) is 0 Å². The Morgan fingerprint density at radius 2 is 1.43 bits per heavy atom. The normalized spacial score (nSPS) is 41.2. The quantitative estimate of drug-likeness (QED) is 0.511. The molecule has 4 unspecified atom stereocenters. The highest BCUT2D eigenvalue weighted by Gasteiger charge is 2.43. The number of hydrogen-bond donors (Lipinski definition) is 0. The molecule has 0 radical (unpaired) electrons. The van der Waals surface area contributed by atoms with Crippen LogP contribution in [0.2, 0.25) is 0 Å². The van der Waals surface area contributed by atoms with Crippen molar-refractivity contribution in [1.29, 1.82) is 0 Å². The van der Waals surface area contributed by atoms with Crippen molar-refractivity contribution in [3.05, 3.63) is 12.3 Å². The van der Waals surface area contributed by atoms with Crippen molar-refractivity contribution < 1.29 is 38.0 Å². The van der Waals surface area contributed by atoms with E-state index in [0.29, 0.717) is 23.9 Å². The number of halogens is 4. The highest BCUT2D eigenvalue weighted by Crippen LogP contribution is 2.44. The predicted octanol–water partition coefficient (Wildman–Crippen LogP) is 4.17. The van der Waals surface area contributed by atoms with Crippen LogP contribution in [0, 0.1) is 23.7 Å². The smallest absolute Gasteiger partial charge is 0.304 e. The van der Waals surface area contributed by atoms with Gasteiger partial charge >= 0.3 is 6.08 Å². The topological polar surface area (TPSA) is 81.5 Å². The van der Waals surface area contributed by atoms with Gasteiger partial charge in [-0.2, -0.15) is 8.78 Å². The first-order chi connectivity index (χ1) is 12.4. The van der Waals surface area contributed by atoms with E-state index in [4.69, 9.17) is 4.74 Å². The van der Waals surface area contributed by atoms with E-state index >= 15 is 0 Å². The number of ether oxygens (including phenoxy) is 2. The molecular formula is C20H34F4O4. The number of rotatable bonds is 4. The van der Waals surface area contributed by atoms with Crippen LogP contribution in [0.15, 0.2) is 12.3 Å². The van der Waals surface area contributed by atoms with E-state index in [0.717, 1.165) is 38.7 Å². The Morgan fingerprint density at radius 1 is 0.857 bits per heavy atom. The lowest BCUT2D eigenvalue weighted by Gasteiger charge is -2.42. The second-order valence-corrected chi connectivity index (χ2v) is 8.50. The molecule has 4 nitrogen and oxygen atoms in total. The molecule has 2 aliphatic carbocycles. The van der Waals surface area contributed by atoms with Gasteiger partial charge in [-0.1, -0.05) is 6.92 Å². The summed E-state index contributed by atoms with van der Waals surface area (Å²) in [5, 5.41) is 0. The minimum atomic E-state index is -2.07. The first kappa shape index (κ1) is 25.2. The number of alkyl halides is 2. The van der Waals surface area contributed by atoms with E-state index in [1.54, 1.807) is 0 Å². The molecule has 1 saturated heterocycles. The Morgan fingerprint density at radius 3 is 1.93 bits per heavy atom. The summed E-state index contributed by atoms with van der Waals surface area (Å²) >= 11 is 0. The number of hydrogen-bond acceptors (Lipinski definition) is 2. The summed E-state index contributed by atoms with van der Waals surface area (Å²) in [6, 6.07) is 0. The maximum atomic E-state index is 14.3. The van der Waals surface area contributed by atoms with Crippen molar-refractivity contribution in [2.45, 2.75) is 82.8 Å². The standard InChI is InChI=1S/C20H30F4O2.2H2O/c1-12-2-7-18(25-10-12)14-5-3-13(4-6-14)15-8-16(21)20(17(22)9-15)26-11-19(23)24;;/h11-18,20H,2-10H2,1H3;2*1H2. The molecule has 8 heteroatoms. The molecule has 3 rings (SSSR count). The molecule has 0 spiro atoms. The van der Waals surface area contributed by atoms with E-state index in [1.807, 2.05) is 0 Å². The van der Waals surface area contributed by atoms with E-state index < -0.39 is 24.5 Å². The third-order valence-corrected chi connectivity index (χ3v) is 6.63. The second-order valence-electron chi connectivity index (χ2n) is 8.50. The minimum Gasteiger partial charge on any atom is -0.486 e. The largest absolute Gasteiger partial charge is 0.486 e. The van der Waals surface area contributed by atoms with Crippen LogP contribution in [0.25, 0.3) is 0 Å². The van der Waals surface area contributed by atoms with Crippen LogP contribution >= 0.6 is 0 Å². The highest BCUT2D eigenvalue weighted by molar-refractivity contribution is 4.93. The summed E-state index contributed by atoms with van der Waals surface area (Å²) in [6.07, 6.45) is 0.830. The second kappa shape index (κ2) is 11.4. The average molecular weight is 414 g/mol. The zero-order valence-corrected chi connectivity index (χ0v) is 16.4. The van der Waals surface area contributed by atoms with Crippen molar-refractivity contribution in [1.82, 2.24) is 0 Å². The van der Waals surface area contributed by atoms with Gasteiger partial charge in [0.1, 0.15) is 18.6 Å². The summed E-state index contributed by atoms with van der Waals surface area (Å²) in [7, 11) is 0. The molecule has 28 heavy (non-hydrogen) atoms. The average Bonchev–Trinajstić information content (AvgIpc) is 2.61. The van der Waals surface area contributed by atoms with Gasteiger partial charge in [-0.3, -0.25) is 0 Å². The molecular weight excluding hydrogens is 380 g/mol. The van der Waals surface area contributed by atoms with Gasteiger partial charge in [0, 0.05) is 6.61 Å². The summed E-state index contributed by atoms with van der Waals surface area (Å²) in [5.41, 5.74) is 0. The molecule has 3 aliphatic rings. The van der Waals surface area contributed by atoms with E-state index in [1.165, 1.54) is 6.42 Å². The van der Waals surface area contributed by atoms with Crippen LogP contribution in [-0.2, 0) is 9.47 Å². The Labute approximate surface area is 164 Å². The maximum absolute atomic E-state index is 14.3. The molecule has 0 aromatic heterocycles. The first-order valence-electron chi connectivity index (χ1n) is 10.0. The molecule has 0 aromatic carbocycles. The van der Waals surface area contributed by atoms with Crippen molar-refractivity contribution in [2.75, 3.05) is 6.61 Å². The Balaban J connectivity index is 0.00000196. The molecule has 1 heterocycles. The van der Waals surface area contributed by atoms with Gasteiger partial charge < -0.3 is 20.4 Å². The summed E-state index contributed by atoms with van der Waals surface area (Å²) in [4.78, 5) is 0. The van der Waals surface area contributed by atoms with Crippen LogP contribution in [-0.4, -0.2) is 42.1 Å². The van der Waals surface area contributed by atoms with E-state index in [-0.39, 0.29) is 36.0 Å². The van der Waals surface area contributed by atoms with Gasteiger partial charge in [-0.15, -0.1) is 0 Å². The van der Waals surface area contributed by atoms with Crippen LogP contribution in [0.3, 0.4) is 0 Å². The molecule has 0 amide bonds. The summed E-state index contributed by atoms with van der Waals surface area (Å²) in [5.74, 6) is 1.51. The fraction of sp³-hybridized carbons (Fsp3) is 0.900. The van der Waals surface area contributed by atoms with Crippen molar-refractivity contribution in [3.63, 3.8) is 0 Å². The zero-order valence-electron chi connectivity index (χ0n) is 16.4. The SMILES string of the molecule is CC1CCC(C2CCC(C3CC(F)C(OC=C(F)F)C(F)C3)CC2)OC1.O.O. The van der Waals surface area contributed by atoms with Crippen molar-refractivity contribution in [2.24, 2.45) is 23.7 Å². The fourth-order valence-corrected chi connectivity index (χ4v) is 5.12. The van der Waals surface area contributed by atoms with E-state index in [9.17, 15) is 17.6 Å². The summed E-state index contributed by atoms with van der Waals surface area (Å²) in [6.45, 7) is 3.06. The van der Waals surface area contributed by atoms with Crippen LogP contribution < -0.4 is 0 Å². The van der Waals surface area contributed by atoms with Gasteiger partial charge in [-0.05, 0) is 75.0 Å². The molecule has 2 saturated carbocycles.